The molecular weight excluding hydrogens is 534 g/mol. The molecule has 3 N–H and O–H groups in total. The van der Waals surface area contributed by atoms with E-state index < -0.39 is 65.1 Å². The predicted molar refractivity (Wildman–Crippen MR) is 128 cm³/mol. The number of aromatic amines is 1. The van der Waals surface area contributed by atoms with E-state index in [1.54, 1.807) is 6.92 Å². The number of esters is 1. The first kappa shape index (κ1) is 27.6. The highest BCUT2D eigenvalue weighted by atomic mass is 35.5. The normalized spacial score (nSPS) is 30.3. The van der Waals surface area contributed by atoms with E-state index in [1.807, 2.05) is 4.98 Å². The van der Waals surface area contributed by atoms with Gasteiger partial charge in [0.2, 0.25) is 0 Å². The summed E-state index contributed by atoms with van der Waals surface area (Å²) >= 11 is 6.44. The fourth-order valence-corrected chi connectivity index (χ4v) is 6.19. The number of ether oxygens (including phenoxy) is 2. The highest BCUT2D eigenvalue weighted by molar-refractivity contribution is 7.52. The molecule has 12 nitrogen and oxygen atoms in total. The van der Waals surface area contributed by atoms with Crippen LogP contribution in [0.15, 0.2) is 46.1 Å². The number of hydrogen-bond acceptors (Lipinski definition) is 9. The van der Waals surface area contributed by atoms with Gasteiger partial charge in [0.05, 0.1) is 11.4 Å². The number of hydrogen-bond donors (Lipinski definition) is 3. The quantitative estimate of drug-likeness (QED) is 0.175. The minimum atomic E-state index is -4.55. The van der Waals surface area contributed by atoms with Gasteiger partial charge in [-0.2, -0.15) is 5.09 Å². The molecule has 0 bridgehead atoms. The summed E-state index contributed by atoms with van der Waals surface area (Å²) < 4.78 is 47.7. The Morgan fingerprint density at radius 3 is 2.54 bits per heavy atom. The second kappa shape index (κ2) is 9.37. The van der Waals surface area contributed by atoms with E-state index in [9.17, 15) is 28.4 Å². The third-order valence-electron chi connectivity index (χ3n) is 5.88. The molecule has 2 aliphatic rings. The molecule has 6 atom stereocenters. The van der Waals surface area contributed by atoms with E-state index in [0.29, 0.717) is 0 Å². The summed E-state index contributed by atoms with van der Waals surface area (Å²) in [5, 5.41) is 13.7. The molecule has 16 heteroatoms. The summed E-state index contributed by atoms with van der Waals surface area (Å²) in [6.45, 7) is 4.35. The van der Waals surface area contributed by atoms with Crippen LogP contribution in [0.4, 0.5) is 4.39 Å². The Morgan fingerprint density at radius 1 is 1.35 bits per heavy atom. The maximum Gasteiger partial charge on any atom is 0.460 e. The van der Waals surface area contributed by atoms with Gasteiger partial charge in [-0.15, -0.1) is 11.6 Å². The molecule has 2 heterocycles. The number of fused-ring (bicyclic) bond motifs is 1. The highest BCUT2D eigenvalue weighted by Crippen LogP contribution is 2.66. The van der Waals surface area contributed by atoms with Crippen molar-refractivity contribution < 1.29 is 37.4 Å². The Kier molecular flexibility index (Phi) is 6.98. The molecule has 0 amide bonds. The molecule has 2 unspecified atom stereocenters. The van der Waals surface area contributed by atoms with Crippen LogP contribution in [0.2, 0.25) is 0 Å². The monoisotopic (exact) mass is 557 g/mol. The zero-order valence-corrected chi connectivity index (χ0v) is 21.5. The summed E-state index contributed by atoms with van der Waals surface area (Å²) in [6.07, 6.45) is -3.07. The van der Waals surface area contributed by atoms with Crippen molar-refractivity contribution in [1.29, 1.82) is 0 Å². The first-order valence-electron chi connectivity index (χ1n) is 11.0. The minimum Gasteiger partial charge on any atom is -0.465 e. The summed E-state index contributed by atoms with van der Waals surface area (Å²) in [5.41, 5.74) is -5.34. The SMILES string of the molecule is [B][C@@]1(Cl)[C@H](n2ccc(=O)[nH]c2=O)O[C@@H]2C(OP(=O)(NC(C)(C)C(=O)OCC)Oc3ccc(F)cc3)[C@@]21O. The molecule has 2 aromatic rings. The van der Waals surface area contributed by atoms with E-state index in [1.165, 1.54) is 26.0 Å². The average molecular weight is 558 g/mol. The molecule has 4 rings (SSSR count). The van der Waals surface area contributed by atoms with Gasteiger partial charge in [-0.25, -0.2) is 13.8 Å². The molecule has 2 fully saturated rings. The summed E-state index contributed by atoms with van der Waals surface area (Å²) in [7, 11) is 1.61. The second-order valence-electron chi connectivity index (χ2n) is 9.05. The van der Waals surface area contributed by atoms with Crippen molar-refractivity contribution in [2.24, 2.45) is 0 Å². The lowest BCUT2D eigenvalue weighted by molar-refractivity contribution is -0.149. The largest absolute Gasteiger partial charge is 0.465 e. The fraction of sp³-hybridized carbons (Fsp3) is 0.476. The number of carbonyl (C=O) groups is 1. The number of aromatic nitrogens is 2. The lowest BCUT2D eigenvalue weighted by Gasteiger charge is -2.34. The number of alkyl halides is 1. The molecule has 2 radical (unpaired) electrons. The van der Waals surface area contributed by atoms with Gasteiger partial charge in [-0.1, -0.05) is 0 Å². The van der Waals surface area contributed by atoms with Crippen molar-refractivity contribution in [2.75, 3.05) is 6.61 Å². The van der Waals surface area contributed by atoms with Crippen LogP contribution in [-0.4, -0.2) is 63.2 Å². The number of nitrogens with zero attached hydrogens (tertiary/aromatic N) is 1. The van der Waals surface area contributed by atoms with Crippen LogP contribution in [0.25, 0.3) is 0 Å². The Balaban J connectivity index is 1.61. The maximum atomic E-state index is 13.9. The van der Waals surface area contributed by atoms with Crippen LogP contribution in [-0.2, 0) is 23.4 Å². The molecule has 1 aliphatic carbocycles. The zero-order valence-electron chi connectivity index (χ0n) is 19.8. The van der Waals surface area contributed by atoms with Gasteiger partial charge in [0.25, 0.3) is 5.56 Å². The number of benzene rings is 1. The molecule has 198 valence electrons. The van der Waals surface area contributed by atoms with E-state index in [0.717, 1.165) is 29.0 Å². The molecule has 1 aromatic carbocycles. The number of carbonyl (C=O) groups excluding carboxylic acids is 1. The van der Waals surface area contributed by atoms with Gasteiger partial charge in [0.1, 0.15) is 42.8 Å². The number of H-pyrrole nitrogens is 1. The van der Waals surface area contributed by atoms with Gasteiger partial charge in [0, 0.05) is 12.3 Å². The first-order valence-corrected chi connectivity index (χ1v) is 12.9. The van der Waals surface area contributed by atoms with Crippen LogP contribution in [0.3, 0.4) is 0 Å². The van der Waals surface area contributed by atoms with Gasteiger partial charge < -0.3 is 19.1 Å². The minimum absolute atomic E-state index is 0.0413. The summed E-state index contributed by atoms with van der Waals surface area (Å²) in [5.74, 6) is -1.45. The predicted octanol–water partition coefficient (Wildman–Crippen LogP) is 0.925. The maximum absolute atomic E-state index is 13.9. The smallest absolute Gasteiger partial charge is 0.460 e. The van der Waals surface area contributed by atoms with Crippen LogP contribution in [0.1, 0.15) is 27.0 Å². The lowest BCUT2D eigenvalue weighted by atomic mass is 9.78. The Bertz CT molecular complexity index is 1370. The number of nitrogens with one attached hydrogen (secondary N) is 2. The third-order valence-corrected chi connectivity index (χ3v) is 8.16. The Morgan fingerprint density at radius 2 is 2.00 bits per heavy atom. The topological polar surface area (TPSA) is 158 Å². The van der Waals surface area contributed by atoms with E-state index >= 15 is 0 Å². The van der Waals surface area contributed by atoms with Crippen molar-refractivity contribution in [3.8, 4) is 5.75 Å². The van der Waals surface area contributed by atoms with Gasteiger partial charge in [-0.3, -0.25) is 23.7 Å². The molecule has 37 heavy (non-hydrogen) atoms. The number of aliphatic hydroxyl groups is 1. The first-order chi connectivity index (χ1) is 17.1. The fourth-order valence-electron chi connectivity index (χ4n) is 3.93. The number of rotatable bonds is 9. The molecule has 1 aliphatic heterocycles. The molecule has 1 saturated carbocycles. The van der Waals surface area contributed by atoms with Crippen LogP contribution < -0.4 is 20.9 Å². The molecular formula is C21H23BClFN3O9P. The van der Waals surface area contributed by atoms with Crippen LogP contribution >= 0.6 is 19.3 Å². The van der Waals surface area contributed by atoms with Gasteiger partial charge in [-0.05, 0) is 45.0 Å². The molecule has 0 spiro atoms. The summed E-state index contributed by atoms with van der Waals surface area (Å²) in [6, 6.07) is 5.49. The number of halogens is 2. The standard InChI is InChI=1S/C21H23BClFN3O9P/c1-4-33-17(29)19(2,3)26-37(32,35-12-7-5-11(24)6-8-12)36-15-14-20(15,31)21(22,23)16(34-14)27-10-9-13(28)25-18(27)30/h5-10,14-16,31H,4H2,1-3H3,(H,26,32)(H,25,28,30)/t14-,15?,16-,20+,21-,37?/m1/s1. The van der Waals surface area contributed by atoms with Crippen molar-refractivity contribution in [3.63, 3.8) is 0 Å². The van der Waals surface area contributed by atoms with E-state index in [2.05, 4.69) is 5.09 Å². The molecule has 1 aromatic heterocycles. The molecule has 1 saturated heterocycles. The van der Waals surface area contributed by atoms with Gasteiger partial charge >= 0.3 is 19.4 Å². The Labute approximate surface area is 216 Å². The third kappa shape index (κ3) is 4.89. The van der Waals surface area contributed by atoms with Crippen LogP contribution in [0, 0.1) is 5.82 Å². The van der Waals surface area contributed by atoms with Crippen molar-refractivity contribution in [1.82, 2.24) is 14.6 Å². The average Bonchev–Trinajstić information content (AvgIpc) is 3.28. The summed E-state index contributed by atoms with van der Waals surface area (Å²) in [4.78, 5) is 38.0. The zero-order chi connectivity index (χ0) is 27.4. The lowest BCUT2D eigenvalue weighted by Crippen LogP contribution is -2.50. The second-order valence-corrected chi connectivity index (χ2v) is 11.3. The van der Waals surface area contributed by atoms with E-state index in [-0.39, 0.29) is 12.4 Å². The Hall–Kier alpha value is -2.48. The van der Waals surface area contributed by atoms with Crippen LogP contribution in [0.5, 0.6) is 5.75 Å². The van der Waals surface area contributed by atoms with Crippen molar-refractivity contribution in [2.45, 2.75) is 55.1 Å². The van der Waals surface area contributed by atoms with Gasteiger partial charge in [0.15, 0.2) is 6.23 Å². The van der Waals surface area contributed by atoms with E-state index in [4.69, 9.17) is 38.0 Å². The highest BCUT2D eigenvalue weighted by Gasteiger charge is 2.83. The van der Waals surface area contributed by atoms with Crippen molar-refractivity contribution in [3.05, 3.63) is 63.2 Å². The van der Waals surface area contributed by atoms with Crippen molar-refractivity contribution >= 4 is 33.2 Å².